The van der Waals surface area contributed by atoms with Crippen LogP contribution < -0.4 is 10.2 Å². The van der Waals surface area contributed by atoms with E-state index in [0.717, 1.165) is 0 Å². The quantitative estimate of drug-likeness (QED) is 0.860. The minimum absolute atomic E-state index is 0.482. The zero-order valence-electron chi connectivity index (χ0n) is 13.6. The van der Waals surface area contributed by atoms with E-state index < -0.39 is 25.0 Å². The average molecular weight is 307 g/mol. The molecule has 6 nitrogen and oxygen atoms in total. The van der Waals surface area contributed by atoms with Gasteiger partial charge < -0.3 is 19.2 Å². The Kier molecular flexibility index (Phi) is 4.67. The summed E-state index contributed by atoms with van der Waals surface area (Å²) in [5.74, 6) is 0.563. The Morgan fingerprint density at radius 3 is 2.73 bits per heavy atom. The van der Waals surface area contributed by atoms with Crippen LogP contribution >= 0.6 is 0 Å². The second-order valence-corrected chi connectivity index (χ2v) is 6.12. The van der Waals surface area contributed by atoms with Crippen molar-refractivity contribution in [2.75, 3.05) is 13.7 Å². The molecule has 7 heteroatoms. The summed E-state index contributed by atoms with van der Waals surface area (Å²) in [5.41, 5.74) is 0.662. The van der Waals surface area contributed by atoms with Crippen LogP contribution in [-0.4, -0.2) is 42.4 Å². The van der Waals surface area contributed by atoms with Gasteiger partial charge in [-0.25, -0.2) is 4.79 Å². The Morgan fingerprint density at radius 2 is 2.14 bits per heavy atom. The summed E-state index contributed by atoms with van der Waals surface area (Å²) < 4.78 is 16.4. The van der Waals surface area contributed by atoms with Gasteiger partial charge in [0, 0.05) is 18.1 Å². The van der Waals surface area contributed by atoms with Gasteiger partial charge in [-0.05, 0) is 33.8 Å². The van der Waals surface area contributed by atoms with E-state index in [0.29, 0.717) is 23.4 Å². The first-order valence-corrected chi connectivity index (χ1v) is 7.29. The van der Waals surface area contributed by atoms with Crippen molar-refractivity contribution in [3.63, 3.8) is 0 Å². The molecule has 2 rings (SSSR count). The molecule has 1 atom stereocenters. The van der Waals surface area contributed by atoms with Gasteiger partial charge in [0.1, 0.15) is 17.6 Å². The van der Waals surface area contributed by atoms with Crippen LogP contribution in [-0.2, 0) is 9.39 Å². The number of ether oxygens (including phenoxy) is 2. The molecule has 120 valence electrons. The molecule has 1 aromatic carbocycles. The first-order valence-electron chi connectivity index (χ1n) is 7.29. The molecule has 22 heavy (non-hydrogen) atoms. The van der Waals surface area contributed by atoms with E-state index in [-0.39, 0.29) is 0 Å². The van der Waals surface area contributed by atoms with Crippen molar-refractivity contribution in [1.82, 2.24) is 4.90 Å². The highest BCUT2D eigenvalue weighted by atomic mass is 16.6. The molecule has 0 saturated heterocycles. The van der Waals surface area contributed by atoms with E-state index in [4.69, 9.17) is 14.1 Å². The Balaban J connectivity index is 2.26. The molecule has 0 bridgehead atoms. The molecule has 1 aliphatic heterocycles. The number of amides is 1. The lowest BCUT2D eigenvalue weighted by atomic mass is 9.78. The largest absolute Gasteiger partial charge is 0.497 e. The molecule has 0 spiro atoms. The summed E-state index contributed by atoms with van der Waals surface area (Å²) in [6, 6.07) is 5.38. The highest BCUT2D eigenvalue weighted by Gasteiger charge is 2.41. The molecule has 0 saturated carbocycles. The number of carbonyl (C=O) groups is 1. The van der Waals surface area contributed by atoms with Crippen LogP contribution in [0.2, 0.25) is 0 Å². The van der Waals surface area contributed by atoms with E-state index in [1.54, 1.807) is 46.0 Å². The number of benzene rings is 1. The third-order valence-corrected chi connectivity index (χ3v) is 3.20. The first-order chi connectivity index (χ1) is 10.2. The molecule has 1 aromatic rings. The van der Waals surface area contributed by atoms with Crippen LogP contribution in [0.15, 0.2) is 18.2 Å². The van der Waals surface area contributed by atoms with E-state index in [2.05, 4.69) is 0 Å². The van der Waals surface area contributed by atoms with Crippen molar-refractivity contribution < 1.29 is 23.9 Å². The van der Waals surface area contributed by atoms with Crippen LogP contribution in [0.5, 0.6) is 5.75 Å². The van der Waals surface area contributed by atoms with Crippen LogP contribution in [0.3, 0.4) is 0 Å². The number of nitrogens with zero attached hydrogens (tertiary/aromatic N) is 1. The number of rotatable bonds is 3. The summed E-state index contributed by atoms with van der Waals surface area (Å²) >= 11 is 0. The van der Waals surface area contributed by atoms with Gasteiger partial charge >= 0.3 is 13.2 Å². The lowest BCUT2D eigenvalue weighted by molar-refractivity contribution is -0.0125. The molecule has 0 aliphatic carbocycles. The fourth-order valence-electron chi connectivity index (χ4n) is 2.31. The smallest absolute Gasteiger partial charge is 0.494 e. The van der Waals surface area contributed by atoms with Crippen molar-refractivity contribution in [2.24, 2.45) is 0 Å². The molecule has 1 N–H and O–H groups in total. The number of carbonyl (C=O) groups excluding carboxylic acids is 1. The molecular weight excluding hydrogens is 285 g/mol. The van der Waals surface area contributed by atoms with Gasteiger partial charge in [0.25, 0.3) is 0 Å². The second-order valence-electron chi connectivity index (χ2n) is 6.12. The Bertz CT molecular complexity index is 557. The van der Waals surface area contributed by atoms with Gasteiger partial charge in [-0.15, -0.1) is 0 Å². The van der Waals surface area contributed by atoms with E-state index in [1.807, 2.05) is 6.92 Å². The minimum Gasteiger partial charge on any atom is -0.494 e. The minimum atomic E-state index is -1.13. The Labute approximate surface area is 131 Å². The second kappa shape index (κ2) is 6.18. The number of hydrogen-bond acceptors (Lipinski definition) is 5. The molecule has 0 fully saturated rings. The maximum absolute atomic E-state index is 12.2. The summed E-state index contributed by atoms with van der Waals surface area (Å²) in [6.45, 7) is 7.74. The van der Waals surface area contributed by atoms with Crippen molar-refractivity contribution in [2.45, 2.75) is 39.5 Å². The van der Waals surface area contributed by atoms with Gasteiger partial charge in [0.2, 0.25) is 0 Å². The van der Waals surface area contributed by atoms with Crippen LogP contribution in [0.25, 0.3) is 0 Å². The van der Waals surface area contributed by atoms with E-state index in [9.17, 15) is 9.82 Å². The first kappa shape index (κ1) is 16.6. The molecule has 1 aliphatic rings. The van der Waals surface area contributed by atoms with Gasteiger partial charge in [-0.2, -0.15) is 0 Å². The average Bonchev–Trinajstić information content (AvgIpc) is 2.75. The molecule has 1 heterocycles. The van der Waals surface area contributed by atoms with Gasteiger partial charge in [0.15, 0.2) is 0 Å². The maximum Gasteiger partial charge on any atom is 0.497 e. The van der Waals surface area contributed by atoms with Crippen molar-refractivity contribution in [1.29, 1.82) is 0 Å². The Morgan fingerprint density at radius 1 is 1.45 bits per heavy atom. The zero-order valence-corrected chi connectivity index (χ0v) is 13.6. The highest BCUT2D eigenvalue weighted by molar-refractivity contribution is 6.62. The third kappa shape index (κ3) is 3.36. The fraction of sp³-hybridized carbons (Fsp3) is 0.533. The van der Waals surface area contributed by atoms with Crippen molar-refractivity contribution in [3.8, 4) is 5.75 Å². The monoisotopic (exact) mass is 307 g/mol. The van der Waals surface area contributed by atoms with Gasteiger partial charge in [-0.3, -0.25) is 4.90 Å². The fourth-order valence-corrected chi connectivity index (χ4v) is 2.31. The van der Waals surface area contributed by atoms with Crippen LogP contribution in [0.1, 0.15) is 39.5 Å². The lowest BCUT2D eigenvalue weighted by Gasteiger charge is -2.28. The summed E-state index contributed by atoms with van der Waals surface area (Å²) in [7, 11) is 0.445. The standard InChI is InChI=1S/C15H22BNO5/c1-6-20-11-9-7-8-10-12(11)16(19)22-13(10)17(5)14(18)21-15(2,3)4/h7-9,13,19H,6H2,1-5H3. The summed E-state index contributed by atoms with van der Waals surface area (Å²) in [5, 5.41) is 10.1. The SMILES string of the molecule is CCOc1cccc2c1B(O)OC2N(C)C(=O)OC(C)(C)C. The molecule has 1 amide bonds. The van der Waals surface area contributed by atoms with E-state index in [1.165, 1.54) is 4.90 Å². The van der Waals surface area contributed by atoms with Crippen molar-refractivity contribution >= 4 is 18.7 Å². The summed E-state index contributed by atoms with van der Waals surface area (Å²) in [4.78, 5) is 13.5. The predicted molar refractivity (Wildman–Crippen MR) is 83.0 cm³/mol. The van der Waals surface area contributed by atoms with E-state index >= 15 is 0 Å². The number of hydrogen-bond donors (Lipinski definition) is 1. The molecule has 0 aromatic heterocycles. The van der Waals surface area contributed by atoms with Crippen LogP contribution in [0, 0.1) is 0 Å². The normalized spacial score (nSPS) is 17.2. The highest BCUT2D eigenvalue weighted by Crippen LogP contribution is 2.30. The lowest BCUT2D eigenvalue weighted by Crippen LogP contribution is -2.37. The Hall–Kier alpha value is -1.73. The van der Waals surface area contributed by atoms with Gasteiger partial charge in [0.05, 0.1) is 6.61 Å². The zero-order chi connectivity index (χ0) is 16.5. The topological polar surface area (TPSA) is 68.2 Å². The van der Waals surface area contributed by atoms with Crippen molar-refractivity contribution in [3.05, 3.63) is 23.8 Å². The molecular formula is C15H22BNO5. The summed E-state index contributed by atoms with van der Waals surface area (Å²) in [6.07, 6.45) is -1.22. The third-order valence-electron chi connectivity index (χ3n) is 3.20. The molecule has 1 unspecified atom stereocenters. The van der Waals surface area contributed by atoms with Gasteiger partial charge in [-0.1, -0.05) is 12.1 Å². The number of fused-ring (bicyclic) bond motifs is 1. The molecule has 0 radical (unpaired) electrons. The maximum atomic E-state index is 12.2. The van der Waals surface area contributed by atoms with Crippen LogP contribution in [0.4, 0.5) is 4.79 Å². The predicted octanol–water partition coefficient (Wildman–Crippen LogP) is 1.67.